The number of amides is 1. The highest BCUT2D eigenvalue weighted by Crippen LogP contribution is 2.09. The van der Waals surface area contributed by atoms with Crippen molar-refractivity contribution in [1.82, 2.24) is 10.3 Å². The summed E-state index contributed by atoms with van der Waals surface area (Å²) in [4.78, 5) is 14.7. The Labute approximate surface area is 76.9 Å². The summed E-state index contributed by atoms with van der Waals surface area (Å²) in [6, 6.07) is 3.64. The monoisotopic (exact) mass is 180 g/mol. The Hall–Kier alpha value is -1.58. The van der Waals surface area contributed by atoms with Gasteiger partial charge in [-0.25, -0.2) is 4.79 Å². The summed E-state index contributed by atoms with van der Waals surface area (Å²) in [6.07, 6.45) is 2.94. The normalized spacial score (nSPS) is 11.8. The van der Waals surface area contributed by atoms with E-state index in [4.69, 9.17) is 0 Å². The van der Waals surface area contributed by atoms with E-state index in [9.17, 15) is 4.79 Å². The van der Waals surface area contributed by atoms with Gasteiger partial charge in [-0.15, -0.1) is 0 Å². The molecular formula is C9H12N2O2. The minimum atomic E-state index is -0.427. The Kier molecular flexibility index (Phi) is 3.25. The molecule has 1 amide bonds. The van der Waals surface area contributed by atoms with Gasteiger partial charge < -0.3 is 10.1 Å². The first-order valence-electron chi connectivity index (χ1n) is 3.98. The molecule has 13 heavy (non-hydrogen) atoms. The van der Waals surface area contributed by atoms with Crippen molar-refractivity contribution in [2.75, 3.05) is 7.11 Å². The van der Waals surface area contributed by atoms with Crippen LogP contribution in [0.5, 0.6) is 0 Å². The van der Waals surface area contributed by atoms with Crippen LogP contribution in [-0.4, -0.2) is 18.2 Å². The fraction of sp³-hybridized carbons (Fsp3) is 0.333. The first-order chi connectivity index (χ1) is 6.24. The van der Waals surface area contributed by atoms with Gasteiger partial charge in [-0.05, 0) is 24.6 Å². The Morgan fingerprint density at radius 1 is 1.54 bits per heavy atom. The molecule has 1 aromatic heterocycles. The number of nitrogens with zero attached hydrogens (tertiary/aromatic N) is 1. The highest BCUT2D eigenvalue weighted by Gasteiger charge is 2.07. The van der Waals surface area contributed by atoms with E-state index in [0.29, 0.717) is 0 Å². The molecule has 0 saturated carbocycles. The average molecular weight is 180 g/mol. The van der Waals surface area contributed by atoms with Gasteiger partial charge in [0.25, 0.3) is 0 Å². The molecule has 1 unspecified atom stereocenters. The number of methoxy groups -OCH3 is 1. The fourth-order valence-corrected chi connectivity index (χ4v) is 0.971. The lowest BCUT2D eigenvalue weighted by Crippen LogP contribution is -2.26. The molecule has 1 heterocycles. The predicted molar refractivity (Wildman–Crippen MR) is 48.2 cm³/mol. The number of alkyl carbamates (subject to hydrolysis) is 1. The highest BCUT2D eigenvalue weighted by atomic mass is 16.5. The number of rotatable bonds is 2. The van der Waals surface area contributed by atoms with E-state index in [1.807, 2.05) is 19.1 Å². The van der Waals surface area contributed by atoms with Crippen LogP contribution < -0.4 is 5.32 Å². The molecule has 70 valence electrons. The minimum Gasteiger partial charge on any atom is -0.453 e. The van der Waals surface area contributed by atoms with Crippen molar-refractivity contribution in [2.24, 2.45) is 0 Å². The van der Waals surface area contributed by atoms with E-state index >= 15 is 0 Å². The van der Waals surface area contributed by atoms with Crippen LogP contribution in [0.15, 0.2) is 24.5 Å². The maximum Gasteiger partial charge on any atom is 0.407 e. The summed E-state index contributed by atoms with van der Waals surface area (Å²) in [7, 11) is 1.34. The second-order valence-corrected chi connectivity index (χ2v) is 2.64. The van der Waals surface area contributed by atoms with Crippen LogP contribution >= 0.6 is 0 Å². The van der Waals surface area contributed by atoms with Crippen LogP contribution in [0.2, 0.25) is 0 Å². The molecule has 0 aromatic carbocycles. The molecule has 1 rings (SSSR count). The number of ether oxygens (including phenoxy) is 1. The standard InChI is InChI=1S/C9H12N2O2/c1-7(11-9(12)13-2)8-3-5-10-6-4-8/h3-7H,1-2H3,(H,11,12). The van der Waals surface area contributed by atoms with Gasteiger partial charge in [0.15, 0.2) is 0 Å². The minimum absolute atomic E-state index is 0.0598. The number of aromatic nitrogens is 1. The first-order valence-corrected chi connectivity index (χ1v) is 3.98. The van der Waals surface area contributed by atoms with Gasteiger partial charge in [0, 0.05) is 12.4 Å². The van der Waals surface area contributed by atoms with Crippen LogP contribution in [0.4, 0.5) is 4.79 Å². The molecule has 4 nitrogen and oxygen atoms in total. The molecule has 0 aliphatic rings. The first kappa shape index (κ1) is 9.51. The van der Waals surface area contributed by atoms with Crippen LogP contribution in [0.1, 0.15) is 18.5 Å². The Balaban J connectivity index is 2.59. The quantitative estimate of drug-likeness (QED) is 0.750. The number of hydrogen-bond donors (Lipinski definition) is 1. The van der Waals surface area contributed by atoms with Crippen molar-refractivity contribution in [1.29, 1.82) is 0 Å². The molecular weight excluding hydrogens is 168 g/mol. The Bertz CT molecular complexity index is 274. The van der Waals surface area contributed by atoms with Gasteiger partial charge in [0.2, 0.25) is 0 Å². The summed E-state index contributed by atoms with van der Waals surface area (Å²) in [5.41, 5.74) is 1.00. The van der Waals surface area contributed by atoms with Gasteiger partial charge in [-0.1, -0.05) is 0 Å². The van der Waals surface area contributed by atoms with Crippen LogP contribution in [0, 0.1) is 0 Å². The zero-order valence-electron chi connectivity index (χ0n) is 7.65. The number of carbonyl (C=O) groups is 1. The average Bonchev–Trinajstić information content (AvgIpc) is 2.19. The molecule has 0 radical (unpaired) electrons. The van der Waals surface area contributed by atoms with E-state index in [0.717, 1.165) is 5.56 Å². The van der Waals surface area contributed by atoms with Crippen LogP contribution in [0.3, 0.4) is 0 Å². The third-order valence-electron chi connectivity index (χ3n) is 1.73. The van der Waals surface area contributed by atoms with Gasteiger partial charge in [-0.2, -0.15) is 0 Å². The second kappa shape index (κ2) is 4.45. The number of nitrogens with one attached hydrogen (secondary N) is 1. The molecule has 0 aliphatic heterocycles. The third-order valence-corrected chi connectivity index (χ3v) is 1.73. The molecule has 1 aromatic rings. The summed E-state index contributed by atoms with van der Waals surface area (Å²) in [5.74, 6) is 0. The number of carbonyl (C=O) groups excluding carboxylic acids is 1. The lowest BCUT2D eigenvalue weighted by molar-refractivity contribution is 0.167. The largest absolute Gasteiger partial charge is 0.453 e. The summed E-state index contributed by atoms with van der Waals surface area (Å²) >= 11 is 0. The maximum atomic E-state index is 10.8. The Morgan fingerprint density at radius 3 is 2.69 bits per heavy atom. The maximum absolute atomic E-state index is 10.8. The molecule has 4 heteroatoms. The van der Waals surface area contributed by atoms with E-state index in [2.05, 4.69) is 15.0 Å². The molecule has 0 aliphatic carbocycles. The topological polar surface area (TPSA) is 51.2 Å². The number of pyridine rings is 1. The molecule has 0 spiro atoms. The van der Waals surface area contributed by atoms with E-state index in [1.165, 1.54) is 7.11 Å². The van der Waals surface area contributed by atoms with Crippen molar-refractivity contribution in [3.05, 3.63) is 30.1 Å². The summed E-state index contributed by atoms with van der Waals surface area (Å²) in [5, 5.41) is 2.66. The van der Waals surface area contributed by atoms with Crippen molar-refractivity contribution in [3.8, 4) is 0 Å². The van der Waals surface area contributed by atoms with Crippen molar-refractivity contribution in [3.63, 3.8) is 0 Å². The SMILES string of the molecule is COC(=O)NC(C)c1ccncc1. The smallest absolute Gasteiger partial charge is 0.407 e. The van der Waals surface area contributed by atoms with E-state index in [-0.39, 0.29) is 6.04 Å². The molecule has 0 bridgehead atoms. The van der Waals surface area contributed by atoms with Crippen molar-refractivity contribution >= 4 is 6.09 Å². The lowest BCUT2D eigenvalue weighted by atomic mass is 10.1. The fourth-order valence-electron chi connectivity index (χ4n) is 0.971. The lowest BCUT2D eigenvalue weighted by Gasteiger charge is -2.12. The zero-order valence-corrected chi connectivity index (χ0v) is 7.65. The third kappa shape index (κ3) is 2.74. The summed E-state index contributed by atoms with van der Waals surface area (Å²) in [6.45, 7) is 1.88. The molecule has 1 N–H and O–H groups in total. The van der Waals surface area contributed by atoms with E-state index < -0.39 is 6.09 Å². The van der Waals surface area contributed by atoms with Gasteiger partial charge in [0.1, 0.15) is 0 Å². The zero-order chi connectivity index (χ0) is 9.68. The van der Waals surface area contributed by atoms with Crippen molar-refractivity contribution < 1.29 is 9.53 Å². The van der Waals surface area contributed by atoms with Gasteiger partial charge >= 0.3 is 6.09 Å². The van der Waals surface area contributed by atoms with Crippen LogP contribution in [0.25, 0.3) is 0 Å². The summed E-state index contributed by atoms with van der Waals surface area (Å²) < 4.78 is 4.48. The van der Waals surface area contributed by atoms with Crippen LogP contribution in [-0.2, 0) is 4.74 Å². The molecule has 1 atom stereocenters. The second-order valence-electron chi connectivity index (χ2n) is 2.64. The molecule has 0 fully saturated rings. The number of hydrogen-bond acceptors (Lipinski definition) is 3. The predicted octanol–water partition coefficient (Wildman–Crippen LogP) is 1.50. The van der Waals surface area contributed by atoms with E-state index in [1.54, 1.807) is 12.4 Å². The highest BCUT2D eigenvalue weighted by molar-refractivity contribution is 5.67. The van der Waals surface area contributed by atoms with Gasteiger partial charge in [-0.3, -0.25) is 4.98 Å². The van der Waals surface area contributed by atoms with Crippen molar-refractivity contribution in [2.45, 2.75) is 13.0 Å². The molecule has 0 saturated heterocycles. The van der Waals surface area contributed by atoms with Gasteiger partial charge in [0.05, 0.1) is 13.2 Å². The Morgan fingerprint density at radius 2 is 2.15 bits per heavy atom.